The summed E-state index contributed by atoms with van der Waals surface area (Å²) >= 11 is 1.29. The molecule has 162 valence electrons. The molecule has 2 heterocycles. The van der Waals surface area contributed by atoms with Gasteiger partial charge in [0.2, 0.25) is 10.0 Å². The van der Waals surface area contributed by atoms with Crippen LogP contribution in [0.5, 0.6) is 11.5 Å². The summed E-state index contributed by atoms with van der Waals surface area (Å²) in [7, 11) is -0.546. The summed E-state index contributed by atoms with van der Waals surface area (Å²) in [5.74, 6) is 0.652. The van der Waals surface area contributed by atoms with E-state index in [1.807, 2.05) is 0 Å². The van der Waals surface area contributed by atoms with Crippen LogP contribution in [0.1, 0.15) is 20.9 Å². The van der Waals surface area contributed by atoms with E-state index in [1.165, 1.54) is 29.9 Å². The van der Waals surface area contributed by atoms with Crippen molar-refractivity contribution >= 4 is 32.4 Å². The number of carbonyl (C=O) groups excluding carboxylic acids is 1. The van der Waals surface area contributed by atoms with E-state index >= 15 is 0 Å². The van der Waals surface area contributed by atoms with E-state index in [4.69, 9.17) is 9.47 Å². The van der Waals surface area contributed by atoms with E-state index in [2.05, 4.69) is 10.3 Å². The molecular formula is C21H21N3O5S2. The van der Waals surface area contributed by atoms with Gasteiger partial charge in [0.05, 0.1) is 31.4 Å². The molecule has 1 aromatic heterocycles. The highest BCUT2D eigenvalue weighted by molar-refractivity contribution is 7.89. The fourth-order valence-corrected chi connectivity index (χ4v) is 5.85. The van der Waals surface area contributed by atoms with Crippen molar-refractivity contribution in [2.75, 3.05) is 26.1 Å². The number of benzene rings is 2. The predicted octanol–water partition coefficient (Wildman–Crippen LogP) is 3.16. The highest BCUT2D eigenvalue weighted by atomic mass is 32.2. The number of sulfonamides is 1. The molecule has 31 heavy (non-hydrogen) atoms. The van der Waals surface area contributed by atoms with E-state index in [1.54, 1.807) is 48.5 Å². The summed E-state index contributed by atoms with van der Waals surface area (Å²) in [4.78, 5) is 18.2. The normalized spacial score (nSPS) is 14.0. The van der Waals surface area contributed by atoms with Crippen molar-refractivity contribution in [1.82, 2.24) is 9.29 Å². The zero-order valence-electron chi connectivity index (χ0n) is 17.0. The van der Waals surface area contributed by atoms with E-state index in [0.29, 0.717) is 35.2 Å². The zero-order valence-corrected chi connectivity index (χ0v) is 18.6. The molecule has 1 N–H and O–H groups in total. The maximum Gasteiger partial charge on any atom is 0.257 e. The Labute approximate surface area is 184 Å². The van der Waals surface area contributed by atoms with Gasteiger partial charge in [0, 0.05) is 23.4 Å². The number of ether oxygens (including phenoxy) is 2. The number of rotatable bonds is 6. The summed E-state index contributed by atoms with van der Waals surface area (Å²) in [5.41, 5.74) is 1.21. The fourth-order valence-electron chi connectivity index (χ4n) is 3.32. The van der Waals surface area contributed by atoms with Crippen LogP contribution in [-0.4, -0.2) is 44.4 Å². The number of carbonyl (C=O) groups is 1. The minimum atomic E-state index is -3.58. The lowest BCUT2D eigenvalue weighted by Crippen LogP contribution is -2.35. The molecule has 1 aliphatic rings. The number of fused-ring (bicyclic) bond motifs is 1. The fraction of sp³-hybridized carbons (Fsp3) is 0.238. The van der Waals surface area contributed by atoms with Gasteiger partial charge >= 0.3 is 0 Å². The first kappa shape index (κ1) is 21.3. The number of hydrogen-bond donors (Lipinski definition) is 1. The molecule has 0 radical (unpaired) electrons. The Balaban J connectivity index is 1.50. The molecule has 1 amide bonds. The van der Waals surface area contributed by atoms with Crippen molar-refractivity contribution in [3.8, 4) is 11.5 Å². The van der Waals surface area contributed by atoms with Gasteiger partial charge in [-0.1, -0.05) is 18.2 Å². The van der Waals surface area contributed by atoms with Gasteiger partial charge in [0.1, 0.15) is 0 Å². The van der Waals surface area contributed by atoms with E-state index < -0.39 is 10.0 Å². The van der Waals surface area contributed by atoms with Gasteiger partial charge in [-0.25, -0.2) is 13.4 Å². The topological polar surface area (TPSA) is 97.8 Å². The summed E-state index contributed by atoms with van der Waals surface area (Å²) in [6, 6.07) is 13.3. The van der Waals surface area contributed by atoms with Crippen LogP contribution in [0.25, 0.3) is 0 Å². The van der Waals surface area contributed by atoms with Gasteiger partial charge in [0.25, 0.3) is 5.91 Å². The highest BCUT2D eigenvalue weighted by Crippen LogP contribution is 2.32. The van der Waals surface area contributed by atoms with Crippen molar-refractivity contribution in [3.63, 3.8) is 0 Å². The third kappa shape index (κ3) is 4.27. The highest BCUT2D eigenvalue weighted by Gasteiger charge is 2.30. The average Bonchev–Trinajstić information content (AvgIpc) is 3.20. The van der Waals surface area contributed by atoms with E-state index in [9.17, 15) is 13.2 Å². The first-order chi connectivity index (χ1) is 14.9. The minimum absolute atomic E-state index is 0.233. The first-order valence-electron chi connectivity index (χ1n) is 9.49. The molecule has 0 unspecified atom stereocenters. The molecule has 0 spiro atoms. The zero-order chi connectivity index (χ0) is 22.0. The van der Waals surface area contributed by atoms with Gasteiger partial charge in [-0.2, -0.15) is 4.31 Å². The van der Waals surface area contributed by atoms with Gasteiger partial charge < -0.3 is 9.47 Å². The second-order valence-corrected chi connectivity index (χ2v) is 9.84. The number of nitrogens with one attached hydrogen (secondary N) is 1. The lowest BCUT2D eigenvalue weighted by atomic mass is 10.2. The van der Waals surface area contributed by atoms with Gasteiger partial charge in [0.15, 0.2) is 16.6 Å². The number of aromatic nitrogens is 1. The SMILES string of the molecule is COc1ccc(C(=O)Nc2nc3c(s2)CN(S(=O)(=O)c2ccccc2)CC3)cc1OC. The number of nitrogens with zero attached hydrogens (tertiary/aromatic N) is 2. The molecule has 0 atom stereocenters. The molecular weight excluding hydrogens is 438 g/mol. The van der Waals surface area contributed by atoms with Crippen LogP contribution in [0.4, 0.5) is 5.13 Å². The largest absolute Gasteiger partial charge is 0.493 e. The minimum Gasteiger partial charge on any atom is -0.493 e. The van der Waals surface area contributed by atoms with Gasteiger partial charge in [-0.3, -0.25) is 10.1 Å². The lowest BCUT2D eigenvalue weighted by molar-refractivity contribution is 0.102. The standard InChI is InChI=1S/C21H21N3O5S2/c1-28-17-9-8-14(12-18(17)29-2)20(25)23-21-22-16-10-11-24(13-19(16)30-21)31(26,27)15-6-4-3-5-7-15/h3-9,12H,10-11,13H2,1-2H3,(H,22,23,25). The molecule has 0 bridgehead atoms. The Kier molecular flexibility index (Phi) is 5.94. The molecule has 0 saturated heterocycles. The van der Waals surface area contributed by atoms with Crippen LogP contribution in [0, 0.1) is 0 Å². The molecule has 10 heteroatoms. The summed E-state index contributed by atoms with van der Waals surface area (Å²) in [6.07, 6.45) is 0.490. The van der Waals surface area contributed by atoms with Crippen molar-refractivity contribution in [2.24, 2.45) is 0 Å². The monoisotopic (exact) mass is 459 g/mol. The molecule has 4 rings (SSSR count). The van der Waals surface area contributed by atoms with Crippen molar-refractivity contribution in [1.29, 1.82) is 0 Å². The van der Waals surface area contributed by atoms with Crippen LogP contribution in [0.2, 0.25) is 0 Å². The number of amides is 1. The Morgan fingerprint density at radius 3 is 2.55 bits per heavy atom. The summed E-state index contributed by atoms with van der Waals surface area (Å²) < 4.78 is 37.7. The molecule has 2 aromatic carbocycles. The maximum atomic E-state index is 12.9. The third-order valence-electron chi connectivity index (χ3n) is 4.94. The van der Waals surface area contributed by atoms with Crippen LogP contribution in [0.15, 0.2) is 53.4 Å². The average molecular weight is 460 g/mol. The molecule has 8 nitrogen and oxygen atoms in total. The van der Waals surface area contributed by atoms with Gasteiger partial charge in [-0.15, -0.1) is 11.3 Å². The molecule has 0 aliphatic carbocycles. The number of thiazole rings is 1. The quantitative estimate of drug-likeness (QED) is 0.608. The van der Waals surface area contributed by atoms with Crippen molar-refractivity contribution in [2.45, 2.75) is 17.9 Å². The predicted molar refractivity (Wildman–Crippen MR) is 117 cm³/mol. The Bertz CT molecular complexity index is 1210. The maximum absolute atomic E-state index is 12.9. The Morgan fingerprint density at radius 1 is 1.10 bits per heavy atom. The van der Waals surface area contributed by atoms with Crippen LogP contribution >= 0.6 is 11.3 Å². The number of methoxy groups -OCH3 is 2. The Morgan fingerprint density at radius 2 is 1.84 bits per heavy atom. The molecule has 0 fully saturated rings. The van der Waals surface area contributed by atoms with Crippen molar-refractivity contribution in [3.05, 3.63) is 64.7 Å². The van der Waals surface area contributed by atoms with E-state index in [0.717, 1.165) is 10.6 Å². The van der Waals surface area contributed by atoms with Crippen molar-refractivity contribution < 1.29 is 22.7 Å². The smallest absolute Gasteiger partial charge is 0.257 e. The summed E-state index contributed by atoms with van der Waals surface area (Å²) in [6.45, 7) is 0.577. The van der Waals surface area contributed by atoms with Crippen LogP contribution in [0.3, 0.4) is 0 Å². The number of hydrogen-bond acceptors (Lipinski definition) is 7. The first-order valence-corrected chi connectivity index (χ1v) is 11.7. The second-order valence-electron chi connectivity index (χ2n) is 6.81. The molecule has 3 aromatic rings. The third-order valence-corrected chi connectivity index (χ3v) is 7.80. The second kappa shape index (κ2) is 8.66. The Hall–Kier alpha value is -2.95. The number of anilines is 1. The van der Waals surface area contributed by atoms with Gasteiger partial charge in [-0.05, 0) is 30.3 Å². The molecule has 0 saturated carbocycles. The molecule has 1 aliphatic heterocycles. The lowest BCUT2D eigenvalue weighted by Gasteiger charge is -2.25. The van der Waals surface area contributed by atoms with E-state index in [-0.39, 0.29) is 17.3 Å². The van der Waals surface area contributed by atoms with Crippen LogP contribution < -0.4 is 14.8 Å². The van der Waals surface area contributed by atoms with Crippen LogP contribution in [-0.2, 0) is 23.0 Å². The summed E-state index contributed by atoms with van der Waals surface area (Å²) in [5, 5.41) is 3.23.